The lowest BCUT2D eigenvalue weighted by molar-refractivity contribution is 0.195. The second-order valence-corrected chi connectivity index (χ2v) is 7.16. The Hall–Kier alpha value is -0.390. The molecular formula is C10H13BrO3S. The van der Waals surface area contributed by atoms with Gasteiger partial charge in [-0.25, -0.2) is 8.42 Å². The summed E-state index contributed by atoms with van der Waals surface area (Å²) in [5.74, 6) is 0.00676. The average molecular weight is 293 g/mol. The molecule has 0 amide bonds. The zero-order chi connectivity index (χ0) is 11.5. The summed E-state index contributed by atoms with van der Waals surface area (Å²) in [6.07, 6.45) is -1.03. The molecule has 0 heterocycles. The fourth-order valence-electron chi connectivity index (χ4n) is 1.16. The highest BCUT2D eigenvalue weighted by Gasteiger charge is 2.29. The lowest BCUT2D eigenvalue weighted by Gasteiger charge is -2.17. The average Bonchev–Trinajstić information content (AvgIpc) is 2.28. The zero-order valence-corrected chi connectivity index (χ0v) is 10.7. The van der Waals surface area contributed by atoms with Crippen molar-refractivity contribution in [1.29, 1.82) is 0 Å². The minimum absolute atomic E-state index is 0.00676. The number of aliphatic hydroxyl groups excluding tert-OH is 1. The molecule has 0 saturated carbocycles. The van der Waals surface area contributed by atoms with Crippen LogP contribution in [0, 0.1) is 0 Å². The van der Waals surface area contributed by atoms with Gasteiger partial charge in [0.25, 0.3) is 0 Å². The van der Waals surface area contributed by atoms with E-state index in [4.69, 9.17) is 0 Å². The Morgan fingerprint density at radius 3 is 2.33 bits per heavy atom. The quantitative estimate of drug-likeness (QED) is 0.862. The molecule has 2 atom stereocenters. The maximum absolute atomic E-state index is 11.5. The molecule has 0 fully saturated rings. The van der Waals surface area contributed by atoms with Gasteiger partial charge in [-0.3, -0.25) is 0 Å². The molecule has 1 aromatic carbocycles. The summed E-state index contributed by atoms with van der Waals surface area (Å²) in [4.78, 5) is 0. The van der Waals surface area contributed by atoms with E-state index < -0.39 is 20.1 Å². The number of benzene rings is 1. The van der Waals surface area contributed by atoms with Gasteiger partial charge in [0.2, 0.25) is 0 Å². The van der Waals surface area contributed by atoms with Crippen LogP contribution in [0.2, 0.25) is 0 Å². The van der Waals surface area contributed by atoms with Crippen molar-refractivity contribution in [2.75, 3.05) is 5.75 Å². The van der Waals surface area contributed by atoms with Gasteiger partial charge in [-0.05, 0) is 5.56 Å². The van der Waals surface area contributed by atoms with Gasteiger partial charge in [0.05, 0.1) is 0 Å². The van der Waals surface area contributed by atoms with E-state index >= 15 is 0 Å². The van der Waals surface area contributed by atoms with E-state index in [9.17, 15) is 13.5 Å². The van der Waals surface area contributed by atoms with Gasteiger partial charge in [0.15, 0.2) is 9.84 Å². The number of halogens is 1. The summed E-state index contributed by atoms with van der Waals surface area (Å²) in [7, 11) is -3.28. The highest BCUT2D eigenvalue weighted by Crippen LogP contribution is 2.26. The molecule has 0 aliphatic rings. The van der Waals surface area contributed by atoms with Gasteiger partial charge < -0.3 is 5.11 Å². The number of hydrogen-bond donors (Lipinski definition) is 1. The zero-order valence-electron chi connectivity index (χ0n) is 8.30. The normalized spacial score (nSPS) is 15.9. The monoisotopic (exact) mass is 292 g/mol. The van der Waals surface area contributed by atoms with E-state index in [-0.39, 0.29) is 5.75 Å². The maximum atomic E-state index is 11.5. The summed E-state index contributed by atoms with van der Waals surface area (Å²) in [6, 6.07) is 8.73. The summed E-state index contributed by atoms with van der Waals surface area (Å²) in [5.41, 5.74) is 0.594. The van der Waals surface area contributed by atoms with Crippen molar-refractivity contribution in [3.05, 3.63) is 35.9 Å². The number of alkyl halides is 1. The largest absolute Gasteiger partial charge is 0.386 e. The molecule has 0 aliphatic carbocycles. The second-order valence-electron chi connectivity index (χ2n) is 3.16. The molecule has 0 unspecified atom stereocenters. The standard InChI is InChI=1S/C10H13BrO3S/c1-2-15(13,14)10(11)9(12)8-6-4-3-5-7-8/h3-7,9-10,12H,2H2,1H3/t9-,10+/m0/s1. The van der Waals surface area contributed by atoms with E-state index in [0.29, 0.717) is 5.56 Å². The first-order chi connectivity index (χ1) is 6.99. The third-order valence-corrected chi connectivity index (χ3v) is 6.09. The molecule has 1 aromatic rings. The van der Waals surface area contributed by atoms with Crippen molar-refractivity contribution in [3.8, 4) is 0 Å². The van der Waals surface area contributed by atoms with Crippen LogP contribution in [-0.4, -0.2) is 23.4 Å². The molecule has 0 saturated heterocycles. The van der Waals surface area contributed by atoms with Gasteiger partial charge >= 0.3 is 0 Å². The van der Waals surface area contributed by atoms with Crippen LogP contribution in [0.15, 0.2) is 30.3 Å². The van der Waals surface area contributed by atoms with Crippen molar-refractivity contribution in [2.24, 2.45) is 0 Å². The number of sulfone groups is 1. The Morgan fingerprint density at radius 1 is 1.33 bits per heavy atom. The fourth-order valence-corrected chi connectivity index (χ4v) is 3.12. The van der Waals surface area contributed by atoms with Crippen LogP contribution in [0.4, 0.5) is 0 Å². The molecule has 0 radical (unpaired) electrons. The van der Waals surface area contributed by atoms with Crippen LogP contribution >= 0.6 is 15.9 Å². The SMILES string of the molecule is CCS(=O)(=O)[C@@H](Br)[C@@H](O)c1ccccc1. The van der Waals surface area contributed by atoms with E-state index in [1.54, 1.807) is 31.2 Å². The lowest BCUT2D eigenvalue weighted by Crippen LogP contribution is -2.24. The molecule has 0 spiro atoms. The molecule has 0 aromatic heterocycles. The summed E-state index contributed by atoms with van der Waals surface area (Å²) < 4.78 is 22.1. The molecule has 1 N–H and O–H groups in total. The molecule has 0 aliphatic heterocycles. The first-order valence-electron chi connectivity index (χ1n) is 4.57. The van der Waals surface area contributed by atoms with Crippen molar-refractivity contribution in [3.63, 3.8) is 0 Å². The Labute approximate surface area is 98.2 Å². The van der Waals surface area contributed by atoms with Crippen LogP contribution in [0.25, 0.3) is 0 Å². The van der Waals surface area contributed by atoms with E-state index in [1.165, 1.54) is 0 Å². The molecule has 3 nitrogen and oxygen atoms in total. The van der Waals surface area contributed by atoms with E-state index in [2.05, 4.69) is 15.9 Å². The van der Waals surface area contributed by atoms with Crippen molar-refractivity contribution < 1.29 is 13.5 Å². The first kappa shape index (κ1) is 12.7. The number of aliphatic hydroxyl groups is 1. The van der Waals surface area contributed by atoms with Gasteiger partial charge in [0.1, 0.15) is 10.3 Å². The molecule has 1 rings (SSSR count). The third-order valence-electron chi connectivity index (χ3n) is 2.13. The predicted octanol–water partition coefficient (Wildman–Crippen LogP) is 1.88. The van der Waals surface area contributed by atoms with Crippen molar-refractivity contribution >= 4 is 25.8 Å². The van der Waals surface area contributed by atoms with Crippen molar-refractivity contribution in [2.45, 2.75) is 17.2 Å². The predicted molar refractivity (Wildman–Crippen MR) is 63.6 cm³/mol. The second kappa shape index (κ2) is 5.09. The van der Waals surface area contributed by atoms with Gasteiger partial charge in [-0.1, -0.05) is 53.2 Å². The minimum atomic E-state index is -3.28. The molecular weight excluding hydrogens is 280 g/mol. The minimum Gasteiger partial charge on any atom is -0.386 e. The Balaban J connectivity index is 2.92. The van der Waals surface area contributed by atoms with E-state index in [0.717, 1.165) is 0 Å². The van der Waals surface area contributed by atoms with Crippen LogP contribution in [0.5, 0.6) is 0 Å². The van der Waals surface area contributed by atoms with Crippen LogP contribution in [-0.2, 0) is 9.84 Å². The molecule has 15 heavy (non-hydrogen) atoms. The molecule has 0 bridgehead atoms. The van der Waals surface area contributed by atoms with Crippen LogP contribution in [0.1, 0.15) is 18.6 Å². The maximum Gasteiger partial charge on any atom is 0.165 e. The topological polar surface area (TPSA) is 54.4 Å². The third kappa shape index (κ3) is 3.03. The van der Waals surface area contributed by atoms with Gasteiger partial charge in [-0.15, -0.1) is 0 Å². The summed E-state index contributed by atoms with van der Waals surface area (Å²) in [5, 5.41) is 9.83. The fraction of sp³-hybridized carbons (Fsp3) is 0.400. The summed E-state index contributed by atoms with van der Waals surface area (Å²) in [6.45, 7) is 1.56. The highest BCUT2D eigenvalue weighted by atomic mass is 79.9. The Kier molecular flexibility index (Phi) is 4.31. The lowest BCUT2D eigenvalue weighted by atomic mass is 10.1. The van der Waals surface area contributed by atoms with Crippen LogP contribution < -0.4 is 0 Å². The first-order valence-corrected chi connectivity index (χ1v) is 7.21. The van der Waals surface area contributed by atoms with Crippen LogP contribution in [0.3, 0.4) is 0 Å². The Bertz CT molecular complexity index is 402. The highest BCUT2D eigenvalue weighted by molar-refractivity contribution is 9.11. The Morgan fingerprint density at radius 2 is 1.87 bits per heavy atom. The smallest absolute Gasteiger partial charge is 0.165 e. The van der Waals surface area contributed by atoms with E-state index in [1.807, 2.05) is 6.07 Å². The van der Waals surface area contributed by atoms with Gasteiger partial charge in [-0.2, -0.15) is 0 Å². The molecule has 5 heteroatoms. The summed E-state index contributed by atoms with van der Waals surface area (Å²) >= 11 is 3.02. The number of hydrogen-bond acceptors (Lipinski definition) is 3. The molecule has 84 valence electrons. The van der Waals surface area contributed by atoms with Crippen molar-refractivity contribution in [1.82, 2.24) is 0 Å². The number of rotatable bonds is 4. The van der Waals surface area contributed by atoms with Gasteiger partial charge in [0, 0.05) is 5.75 Å².